The molecular weight excluding hydrogens is 352 g/mol. The van der Waals surface area contributed by atoms with Gasteiger partial charge in [-0.05, 0) is 25.0 Å². The van der Waals surface area contributed by atoms with E-state index in [1.54, 1.807) is 14.2 Å². The van der Waals surface area contributed by atoms with Gasteiger partial charge in [-0.25, -0.2) is 0 Å². The molecule has 0 atom stereocenters. The number of methoxy groups -OCH3 is 2. The van der Waals surface area contributed by atoms with Crippen LogP contribution in [0.15, 0.2) is 36.4 Å². The molecule has 0 saturated heterocycles. The van der Waals surface area contributed by atoms with E-state index in [4.69, 9.17) is 18.9 Å². The van der Waals surface area contributed by atoms with E-state index in [-0.39, 0.29) is 0 Å². The van der Waals surface area contributed by atoms with Crippen molar-refractivity contribution in [3.8, 4) is 23.0 Å². The third-order valence-corrected chi connectivity index (χ3v) is 4.92. The predicted octanol–water partition coefficient (Wildman–Crippen LogP) is 6.37. The Kier molecular flexibility index (Phi) is 6.85. The summed E-state index contributed by atoms with van der Waals surface area (Å²) in [5.41, 5.74) is 0. The molecule has 28 heavy (non-hydrogen) atoms. The third kappa shape index (κ3) is 3.82. The molecule has 0 fully saturated rings. The van der Waals surface area contributed by atoms with Crippen molar-refractivity contribution in [3.63, 3.8) is 0 Å². The second-order valence-corrected chi connectivity index (χ2v) is 6.83. The van der Waals surface area contributed by atoms with Gasteiger partial charge in [0.25, 0.3) is 0 Å². The average Bonchev–Trinajstić information content (AvgIpc) is 2.74. The summed E-state index contributed by atoms with van der Waals surface area (Å²) in [5.74, 6) is 3.21. The Morgan fingerprint density at radius 1 is 0.643 bits per heavy atom. The summed E-state index contributed by atoms with van der Waals surface area (Å²) in [6.07, 6.45) is 4.15. The first-order chi connectivity index (χ1) is 13.8. The number of benzene rings is 3. The topological polar surface area (TPSA) is 36.9 Å². The van der Waals surface area contributed by atoms with Crippen LogP contribution in [0.25, 0.3) is 21.5 Å². The second kappa shape index (κ2) is 9.54. The van der Waals surface area contributed by atoms with Crippen LogP contribution in [-0.4, -0.2) is 27.4 Å². The van der Waals surface area contributed by atoms with Gasteiger partial charge < -0.3 is 18.9 Å². The van der Waals surface area contributed by atoms with Gasteiger partial charge in [-0.15, -0.1) is 0 Å². The van der Waals surface area contributed by atoms with Crippen LogP contribution in [-0.2, 0) is 0 Å². The molecule has 0 radical (unpaired) electrons. The lowest BCUT2D eigenvalue weighted by molar-refractivity contribution is 0.309. The van der Waals surface area contributed by atoms with E-state index in [2.05, 4.69) is 26.0 Å². The molecular formula is C24H30O4. The Bertz CT molecular complexity index is 868. The number of hydrogen-bond donors (Lipinski definition) is 0. The Labute approximate surface area is 167 Å². The van der Waals surface area contributed by atoms with Gasteiger partial charge in [0.1, 0.15) is 23.0 Å². The van der Waals surface area contributed by atoms with Gasteiger partial charge in [0.2, 0.25) is 0 Å². The maximum absolute atomic E-state index is 6.32. The van der Waals surface area contributed by atoms with Crippen LogP contribution in [0.4, 0.5) is 0 Å². The zero-order valence-corrected chi connectivity index (χ0v) is 17.3. The number of fused-ring (bicyclic) bond motifs is 2. The van der Waals surface area contributed by atoms with Crippen LogP contribution < -0.4 is 18.9 Å². The standard InChI is InChI=1S/C24H30O4/c1-5-7-15-27-23-17-11-9-13-19(25-3)21(17)24(28-16-8-6-2)22-18(23)12-10-14-20(22)26-4/h9-14H,5-8,15-16H2,1-4H3. The molecule has 0 unspecified atom stereocenters. The molecule has 3 aromatic rings. The quantitative estimate of drug-likeness (QED) is 0.302. The van der Waals surface area contributed by atoms with Gasteiger partial charge in [0.15, 0.2) is 0 Å². The van der Waals surface area contributed by atoms with Gasteiger partial charge in [0, 0.05) is 10.8 Å². The highest BCUT2D eigenvalue weighted by molar-refractivity contribution is 6.15. The SMILES string of the molecule is CCCCOc1c2cccc(OC)c2c(OCCCC)c2c(OC)cccc12. The molecule has 0 saturated carbocycles. The number of ether oxygens (including phenoxy) is 4. The monoisotopic (exact) mass is 382 g/mol. The molecule has 4 heteroatoms. The molecule has 0 bridgehead atoms. The number of hydrogen-bond acceptors (Lipinski definition) is 4. The first-order valence-electron chi connectivity index (χ1n) is 10.1. The normalized spacial score (nSPS) is 11.0. The zero-order valence-electron chi connectivity index (χ0n) is 17.3. The first-order valence-corrected chi connectivity index (χ1v) is 10.1. The fourth-order valence-corrected chi connectivity index (χ4v) is 3.46. The van der Waals surface area contributed by atoms with Crippen molar-refractivity contribution in [1.29, 1.82) is 0 Å². The van der Waals surface area contributed by atoms with Crippen LogP contribution in [0.1, 0.15) is 39.5 Å². The molecule has 0 aliphatic carbocycles. The minimum atomic E-state index is 0.646. The summed E-state index contributed by atoms with van der Waals surface area (Å²) < 4.78 is 24.0. The first kappa shape index (κ1) is 20.1. The number of unbranched alkanes of at least 4 members (excludes halogenated alkanes) is 2. The number of rotatable bonds is 10. The molecule has 0 aliphatic rings. The zero-order chi connectivity index (χ0) is 19.9. The smallest absolute Gasteiger partial charge is 0.142 e. The van der Waals surface area contributed by atoms with E-state index in [1.165, 1.54) is 0 Å². The third-order valence-electron chi connectivity index (χ3n) is 4.92. The van der Waals surface area contributed by atoms with Crippen LogP contribution in [0.2, 0.25) is 0 Å². The van der Waals surface area contributed by atoms with Crippen LogP contribution in [0, 0.1) is 0 Å². The van der Waals surface area contributed by atoms with Crippen molar-refractivity contribution >= 4 is 21.5 Å². The molecule has 0 aromatic heterocycles. The summed E-state index contributed by atoms with van der Waals surface area (Å²) >= 11 is 0. The van der Waals surface area contributed by atoms with E-state index in [0.717, 1.165) is 70.2 Å². The molecule has 0 aliphatic heterocycles. The van der Waals surface area contributed by atoms with Crippen LogP contribution in [0.5, 0.6) is 23.0 Å². The van der Waals surface area contributed by atoms with Gasteiger partial charge in [-0.2, -0.15) is 0 Å². The average molecular weight is 383 g/mol. The van der Waals surface area contributed by atoms with Gasteiger partial charge in [-0.1, -0.05) is 51.0 Å². The molecule has 4 nitrogen and oxygen atoms in total. The summed E-state index contributed by atoms with van der Waals surface area (Å²) in [5, 5.41) is 3.87. The highest BCUT2D eigenvalue weighted by atomic mass is 16.5. The summed E-state index contributed by atoms with van der Waals surface area (Å²) in [6.45, 7) is 5.64. The Morgan fingerprint density at radius 2 is 1.11 bits per heavy atom. The molecule has 0 heterocycles. The van der Waals surface area contributed by atoms with E-state index in [1.807, 2.05) is 24.3 Å². The molecule has 3 rings (SSSR count). The van der Waals surface area contributed by atoms with E-state index in [9.17, 15) is 0 Å². The molecule has 150 valence electrons. The highest BCUT2D eigenvalue weighted by Crippen LogP contribution is 2.49. The summed E-state index contributed by atoms with van der Waals surface area (Å²) in [4.78, 5) is 0. The van der Waals surface area contributed by atoms with Crippen molar-refractivity contribution < 1.29 is 18.9 Å². The minimum Gasteiger partial charge on any atom is -0.496 e. The maximum Gasteiger partial charge on any atom is 0.142 e. The second-order valence-electron chi connectivity index (χ2n) is 6.83. The van der Waals surface area contributed by atoms with Crippen LogP contribution >= 0.6 is 0 Å². The van der Waals surface area contributed by atoms with Crippen LogP contribution in [0.3, 0.4) is 0 Å². The molecule has 0 N–H and O–H groups in total. The largest absolute Gasteiger partial charge is 0.496 e. The lowest BCUT2D eigenvalue weighted by Crippen LogP contribution is -2.03. The van der Waals surface area contributed by atoms with Crippen molar-refractivity contribution in [1.82, 2.24) is 0 Å². The van der Waals surface area contributed by atoms with E-state index >= 15 is 0 Å². The summed E-state index contributed by atoms with van der Waals surface area (Å²) in [7, 11) is 3.38. The molecule has 0 spiro atoms. The highest BCUT2D eigenvalue weighted by Gasteiger charge is 2.21. The van der Waals surface area contributed by atoms with E-state index in [0.29, 0.717) is 13.2 Å². The summed E-state index contributed by atoms with van der Waals surface area (Å²) in [6, 6.07) is 12.1. The maximum atomic E-state index is 6.32. The van der Waals surface area contributed by atoms with Gasteiger partial charge in [0.05, 0.1) is 38.2 Å². The van der Waals surface area contributed by atoms with Crippen molar-refractivity contribution in [2.45, 2.75) is 39.5 Å². The minimum absolute atomic E-state index is 0.646. The van der Waals surface area contributed by atoms with E-state index < -0.39 is 0 Å². The van der Waals surface area contributed by atoms with Gasteiger partial charge >= 0.3 is 0 Å². The van der Waals surface area contributed by atoms with Crippen molar-refractivity contribution in [2.75, 3.05) is 27.4 Å². The predicted molar refractivity (Wildman–Crippen MR) is 115 cm³/mol. The van der Waals surface area contributed by atoms with Crippen molar-refractivity contribution in [3.05, 3.63) is 36.4 Å². The Hall–Kier alpha value is -2.62. The molecule has 0 amide bonds. The lowest BCUT2D eigenvalue weighted by atomic mass is 9.99. The van der Waals surface area contributed by atoms with Crippen molar-refractivity contribution in [2.24, 2.45) is 0 Å². The lowest BCUT2D eigenvalue weighted by Gasteiger charge is -2.20. The fraction of sp³-hybridized carbons (Fsp3) is 0.417. The van der Waals surface area contributed by atoms with Gasteiger partial charge in [-0.3, -0.25) is 0 Å². The Morgan fingerprint density at radius 3 is 1.54 bits per heavy atom. The Balaban J connectivity index is 2.36. The fourth-order valence-electron chi connectivity index (χ4n) is 3.46. The molecule has 3 aromatic carbocycles.